The van der Waals surface area contributed by atoms with Crippen LogP contribution in [0.25, 0.3) is 0 Å². The lowest BCUT2D eigenvalue weighted by Gasteiger charge is -2.35. The average Bonchev–Trinajstić information content (AvgIpc) is 3.29. The van der Waals surface area contributed by atoms with Gasteiger partial charge in [-0.05, 0) is 47.9 Å². The molecule has 1 saturated carbocycles. The van der Waals surface area contributed by atoms with E-state index in [2.05, 4.69) is 16.5 Å². The van der Waals surface area contributed by atoms with Crippen molar-refractivity contribution < 1.29 is 18.8 Å². The number of aromatic nitrogens is 1. The van der Waals surface area contributed by atoms with Crippen molar-refractivity contribution in [2.24, 2.45) is 0 Å². The fourth-order valence-electron chi connectivity index (χ4n) is 4.65. The minimum atomic E-state index is -0.235. The van der Waals surface area contributed by atoms with Gasteiger partial charge in [0.05, 0.1) is 26.5 Å². The number of carbonyl (C=O) groups is 1. The van der Waals surface area contributed by atoms with E-state index in [-0.39, 0.29) is 23.1 Å². The van der Waals surface area contributed by atoms with Crippen LogP contribution in [0.2, 0.25) is 0 Å². The van der Waals surface area contributed by atoms with Gasteiger partial charge in [0, 0.05) is 6.07 Å². The summed E-state index contributed by atoms with van der Waals surface area (Å²) in [5.74, 6) is 1.44. The minimum absolute atomic E-state index is 0.0690. The summed E-state index contributed by atoms with van der Waals surface area (Å²) in [6, 6.07) is 5.64. The maximum absolute atomic E-state index is 12.5. The molecule has 0 bridgehead atoms. The molecule has 1 atom stereocenters. The van der Waals surface area contributed by atoms with Crippen LogP contribution in [0.15, 0.2) is 28.9 Å². The molecule has 1 spiro atoms. The van der Waals surface area contributed by atoms with Crippen molar-refractivity contribution in [3.63, 3.8) is 0 Å². The van der Waals surface area contributed by atoms with Gasteiger partial charge in [0.15, 0.2) is 11.5 Å². The van der Waals surface area contributed by atoms with E-state index in [0.717, 1.165) is 30.6 Å². The molecule has 0 saturated heterocycles. The number of amides is 1. The average molecular weight is 356 g/mol. The van der Waals surface area contributed by atoms with Gasteiger partial charge in [-0.25, -0.2) is 0 Å². The molecule has 1 amide bonds. The molecule has 26 heavy (non-hydrogen) atoms. The highest BCUT2D eigenvalue weighted by atomic mass is 16.5. The monoisotopic (exact) mass is 356 g/mol. The Kier molecular flexibility index (Phi) is 4.34. The lowest BCUT2D eigenvalue weighted by atomic mass is 9.70. The second-order valence-electron chi connectivity index (χ2n) is 7.24. The normalized spacial score (nSPS) is 20.6. The number of methoxy groups -OCH3 is 2. The number of ether oxygens (including phenoxy) is 2. The second-order valence-corrected chi connectivity index (χ2v) is 7.24. The molecule has 2 aliphatic carbocycles. The van der Waals surface area contributed by atoms with Crippen LogP contribution < -0.4 is 14.8 Å². The Morgan fingerprint density at radius 3 is 2.58 bits per heavy atom. The highest BCUT2D eigenvalue weighted by Crippen LogP contribution is 2.55. The molecule has 138 valence electrons. The molecule has 1 aromatic heterocycles. The molecule has 6 heteroatoms. The van der Waals surface area contributed by atoms with Crippen molar-refractivity contribution >= 4 is 5.91 Å². The molecule has 1 N–H and O–H groups in total. The highest BCUT2D eigenvalue weighted by molar-refractivity contribution is 5.91. The molecular formula is C20H24N2O4. The van der Waals surface area contributed by atoms with Crippen LogP contribution in [-0.2, 0) is 5.41 Å². The van der Waals surface area contributed by atoms with Gasteiger partial charge in [0.2, 0.25) is 5.76 Å². The molecule has 2 aliphatic rings. The standard InChI is InChI=1S/C20H24N2O4/c1-24-17-10-13-14(11-18(17)25-2)20(7-4-3-5-8-20)12-15(13)22-19(23)16-6-9-21-26-16/h6,9-11,15H,3-5,7-8,12H2,1-2H3,(H,22,23). The Bertz CT molecular complexity index is 794. The topological polar surface area (TPSA) is 73.6 Å². The molecule has 6 nitrogen and oxygen atoms in total. The Hall–Kier alpha value is -2.50. The number of rotatable bonds is 4. The van der Waals surface area contributed by atoms with Gasteiger partial charge in [-0.3, -0.25) is 4.79 Å². The van der Waals surface area contributed by atoms with Gasteiger partial charge >= 0.3 is 0 Å². The molecule has 1 unspecified atom stereocenters. The third-order valence-electron chi connectivity index (χ3n) is 5.87. The molecule has 1 aromatic carbocycles. The van der Waals surface area contributed by atoms with E-state index in [9.17, 15) is 4.79 Å². The van der Waals surface area contributed by atoms with Crippen LogP contribution in [0, 0.1) is 0 Å². The minimum Gasteiger partial charge on any atom is -0.493 e. The van der Waals surface area contributed by atoms with Gasteiger partial charge < -0.3 is 19.3 Å². The summed E-state index contributed by atoms with van der Waals surface area (Å²) in [6.07, 6.45) is 8.38. The maximum atomic E-state index is 12.5. The van der Waals surface area contributed by atoms with E-state index in [1.54, 1.807) is 20.3 Å². The number of benzene rings is 1. The SMILES string of the molecule is COc1cc2c(cc1OC)C1(CCCCC1)CC2NC(=O)c1ccno1. The molecule has 2 aromatic rings. The van der Waals surface area contributed by atoms with Crippen LogP contribution in [-0.4, -0.2) is 25.3 Å². The largest absolute Gasteiger partial charge is 0.493 e. The fraction of sp³-hybridized carbons (Fsp3) is 0.500. The summed E-state index contributed by atoms with van der Waals surface area (Å²) < 4.78 is 16.0. The van der Waals surface area contributed by atoms with Gasteiger partial charge in [-0.15, -0.1) is 0 Å². The van der Waals surface area contributed by atoms with Crippen LogP contribution >= 0.6 is 0 Å². The summed E-state index contributed by atoms with van der Waals surface area (Å²) >= 11 is 0. The van der Waals surface area contributed by atoms with Gasteiger partial charge in [0.1, 0.15) is 0 Å². The zero-order valence-corrected chi connectivity index (χ0v) is 15.2. The zero-order chi connectivity index (χ0) is 18.1. The first kappa shape index (κ1) is 16.9. The van der Waals surface area contributed by atoms with E-state index in [4.69, 9.17) is 14.0 Å². The van der Waals surface area contributed by atoms with Crippen LogP contribution in [0.3, 0.4) is 0 Å². The summed E-state index contributed by atoms with van der Waals surface area (Å²) in [6.45, 7) is 0. The number of nitrogens with one attached hydrogen (secondary N) is 1. The van der Waals surface area contributed by atoms with Crippen molar-refractivity contribution in [1.82, 2.24) is 10.5 Å². The Morgan fingerprint density at radius 1 is 1.19 bits per heavy atom. The highest BCUT2D eigenvalue weighted by Gasteiger charge is 2.45. The van der Waals surface area contributed by atoms with E-state index in [0.29, 0.717) is 5.75 Å². The molecule has 4 rings (SSSR count). The van der Waals surface area contributed by atoms with Crippen LogP contribution in [0.4, 0.5) is 0 Å². The smallest absolute Gasteiger partial charge is 0.290 e. The predicted octanol–water partition coefficient (Wildman–Crippen LogP) is 3.77. The predicted molar refractivity (Wildman–Crippen MR) is 95.6 cm³/mol. The van der Waals surface area contributed by atoms with Crippen LogP contribution in [0.5, 0.6) is 11.5 Å². The van der Waals surface area contributed by atoms with Gasteiger partial charge in [-0.1, -0.05) is 24.4 Å². The summed E-state index contributed by atoms with van der Waals surface area (Å²) in [4.78, 5) is 12.5. The Labute approximate surface area is 152 Å². The van der Waals surface area contributed by atoms with E-state index in [1.165, 1.54) is 31.0 Å². The Balaban J connectivity index is 1.72. The molecule has 0 aliphatic heterocycles. The zero-order valence-electron chi connectivity index (χ0n) is 15.2. The molecular weight excluding hydrogens is 332 g/mol. The van der Waals surface area contributed by atoms with Crippen molar-refractivity contribution in [1.29, 1.82) is 0 Å². The quantitative estimate of drug-likeness (QED) is 0.903. The van der Waals surface area contributed by atoms with Gasteiger partial charge in [0.25, 0.3) is 5.91 Å². The molecule has 1 heterocycles. The number of nitrogens with zero attached hydrogens (tertiary/aromatic N) is 1. The van der Waals surface area contributed by atoms with Crippen molar-refractivity contribution in [2.45, 2.75) is 50.0 Å². The number of fused-ring (bicyclic) bond motifs is 2. The van der Waals surface area contributed by atoms with Crippen molar-refractivity contribution in [3.8, 4) is 11.5 Å². The first-order valence-corrected chi connectivity index (χ1v) is 9.15. The summed E-state index contributed by atoms with van der Waals surface area (Å²) in [7, 11) is 3.30. The van der Waals surface area contributed by atoms with E-state index < -0.39 is 0 Å². The van der Waals surface area contributed by atoms with Crippen molar-refractivity contribution in [3.05, 3.63) is 41.3 Å². The lowest BCUT2D eigenvalue weighted by molar-refractivity contribution is 0.0893. The third-order valence-corrected chi connectivity index (χ3v) is 5.87. The van der Waals surface area contributed by atoms with Gasteiger partial charge in [-0.2, -0.15) is 0 Å². The number of hydrogen-bond acceptors (Lipinski definition) is 5. The Morgan fingerprint density at radius 2 is 1.92 bits per heavy atom. The van der Waals surface area contributed by atoms with E-state index in [1.807, 2.05) is 6.07 Å². The summed E-state index contributed by atoms with van der Waals surface area (Å²) in [5, 5.41) is 6.75. The maximum Gasteiger partial charge on any atom is 0.290 e. The third kappa shape index (κ3) is 2.73. The fourth-order valence-corrected chi connectivity index (χ4v) is 4.65. The number of carbonyl (C=O) groups excluding carboxylic acids is 1. The molecule has 1 fully saturated rings. The summed E-state index contributed by atoms with van der Waals surface area (Å²) in [5.41, 5.74) is 2.52. The number of hydrogen-bond donors (Lipinski definition) is 1. The van der Waals surface area contributed by atoms with Crippen LogP contribution in [0.1, 0.15) is 66.2 Å². The molecule has 0 radical (unpaired) electrons. The first-order chi connectivity index (χ1) is 12.7. The second kappa shape index (κ2) is 6.67. The lowest BCUT2D eigenvalue weighted by Crippen LogP contribution is -2.30. The first-order valence-electron chi connectivity index (χ1n) is 9.15. The van der Waals surface area contributed by atoms with Crippen molar-refractivity contribution in [2.75, 3.05) is 14.2 Å². The van der Waals surface area contributed by atoms with E-state index >= 15 is 0 Å².